The molecule has 0 spiro atoms. The first-order valence-corrected chi connectivity index (χ1v) is 8.11. The Morgan fingerprint density at radius 1 is 1.46 bits per heavy atom. The summed E-state index contributed by atoms with van der Waals surface area (Å²) in [5, 5.41) is 22.8. The summed E-state index contributed by atoms with van der Waals surface area (Å²) in [4.78, 5) is 34.4. The zero-order valence-corrected chi connectivity index (χ0v) is 14.5. The molecule has 0 radical (unpaired) electrons. The fourth-order valence-electron chi connectivity index (χ4n) is 2.49. The Balaban J connectivity index is 1.99. The SMILES string of the molecule is CCOc1ccc(C(=O)OCC(=O)N[C@@](C)(C#N)C2CC2)cc1[N+](=O)[O-]. The maximum Gasteiger partial charge on any atom is 0.338 e. The maximum absolute atomic E-state index is 12.0. The van der Waals surface area contributed by atoms with Crippen molar-refractivity contribution in [2.75, 3.05) is 13.2 Å². The molecule has 0 heterocycles. The van der Waals surface area contributed by atoms with Crippen molar-refractivity contribution in [3.8, 4) is 11.8 Å². The minimum Gasteiger partial charge on any atom is -0.487 e. The number of rotatable bonds is 8. The van der Waals surface area contributed by atoms with Crippen LogP contribution in [0.4, 0.5) is 5.69 Å². The minimum atomic E-state index is -0.985. The van der Waals surface area contributed by atoms with Gasteiger partial charge in [0.2, 0.25) is 0 Å². The van der Waals surface area contributed by atoms with E-state index in [-0.39, 0.29) is 29.5 Å². The van der Waals surface area contributed by atoms with Gasteiger partial charge in [0.15, 0.2) is 12.4 Å². The molecule has 138 valence electrons. The van der Waals surface area contributed by atoms with Gasteiger partial charge < -0.3 is 14.8 Å². The summed E-state index contributed by atoms with van der Waals surface area (Å²) in [5.74, 6) is -1.34. The molecule has 0 unspecified atom stereocenters. The molecule has 1 fully saturated rings. The number of amides is 1. The number of carbonyl (C=O) groups is 2. The first-order chi connectivity index (χ1) is 12.3. The summed E-state index contributed by atoms with van der Waals surface area (Å²) in [6, 6.07) is 5.73. The van der Waals surface area contributed by atoms with Crippen LogP contribution in [-0.4, -0.2) is 35.6 Å². The van der Waals surface area contributed by atoms with Crippen molar-refractivity contribution in [2.24, 2.45) is 5.92 Å². The summed E-state index contributed by atoms with van der Waals surface area (Å²) >= 11 is 0. The molecule has 1 aliphatic rings. The summed E-state index contributed by atoms with van der Waals surface area (Å²) in [7, 11) is 0. The fourth-order valence-corrected chi connectivity index (χ4v) is 2.49. The monoisotopic (exact) mass is 361 g/mol. The Hall–Kier alpha value is -3.15. The van der Waals surface area contributed by atoms with E-state index >= 15 is 0 Å². The van der Waals surface area contributed by atoms with Crippen LogP contribution in [0.15, 0.2) is 18.2 Å². The van der Waals surface area contributed by atoms with Crippen LogP contribution in [-0.2, 0) is 9.53 Å². The molecule has 0 aromatic heterocycles. The highest BCUT2D eigenvalue weighted by molar-refractivity contribution is 5.92. The Morgan fingerprint density at radius 3 is 2.69 bits per heavy atom. The van der Waals surface area contributed by atoms with E-state index in [1.54, 1.807) is 13.8 Å². The highest BCUT2D eigenvalue weighted by Gasteiger charge is 2.43. The van der Waals surface area contributed by atoms with Gasteiger partial charge in [-0.2, -0.15) is 5.26 Å². The van der Waals surface area contributed by atoms with Gasteiger partial charge in [-0.25, -0.2) is 4.79 Å². The van der Waals surface area contributed by atoms with E-state index in [2.05, 4.69) is 11.4 Å². The van der Waals surface area contributed by atoms with Crippen molar-refractivity contribution in [1.29, 1.82) is 5.26 Å². The van der Waals surface area contributed by atoms with Crippen molar-refractivity contribution in [3.63, 3.8) is 0 Å². The average Bonchev–Trinajstić information content (AvgIpc) is 3.45. The van der Waals surface area contributed by atoms with Crippen molar-refractivity contribution >= 4 is 17.6 Å². The van der Waals surface area contributed by atoms with Gasteiger partial charge in [-0.3, -0.25) is 14.9 Å². The summed E-state index contributed by atoms with van der Waals surface area (Å²) in [5.41, 5.74) is -1.42. The molecule has 1 aromatic carbocycles. The van der Waals surface area contributed by atoms with Gasteiger partial charge in [-0.05, 0) is 44.7 Å². The van der Waals surface area contributed by atoms with Crippen LogP contribution < -0.4 is 10.1 Å². The van der Waals surface area contributed by atoms with Gasteiger partial charge in [0.25, 0.3) is 5.91 Å². The molecule has 9 nitrogen and oxygen atoms in total. The van der Waals surface area contributed by atoms with Crippen molar-refractivity contribution < 1.29 is 24.0 Å². The van der Waals surface area contributed by atoms with Crippen LogP contribution in [0.25, 0.3) is 0 Å². The number of nitriles is 1. The predicted octanol–water partition coefficient (Wildman–Crippen LogP) is 1.96. The number of ether oxygens (including phenoxy) is 2. The average molecular weight is 361 g/mol. The van der Waals surface area contributed by atoms with E-state index in [4.69, 9.17) is 9.47 Å². The van der Waals surface area contributed by atoms with Gasteiger partial charge >= 0.3 is 11.7 Å². The molecule has 1 N–H and O–H groups in total. The van der Waals surface area contributed by atoms with Gasteiger partial charge in [0.1, 0.15) is 5.54 Å². The van der Waals surface area contributed by atoms with Crippen molar-refractivity contribution in [2.45, 2.75) is 32.2 Å². The molecular weight excluding hydrogens is 342 g/mol. The number of esters is 1. The first kappa shape index (κ1) is 19.2. The molecule has 1 aliphatic carbocycles. The van der Waals surface area contributed by atoms with E-state index in [1.807, 2.05) is 0 Å². The second-order valence-corrected chi connectivity index (χ2v) is 6.09. The zero-order valence-electron chi connectivity index (χ0n) is 14.5. The number of benzene rings is 1. The lowest BCUT2D eigenvalue weighted by molar-refractivity contribution is -0.385. The molecule has 0 aliphatic heterocycles. The van der Waals surface area contributed by atoms with E-state index < -0.39 is 28.9 Å². The van der Waals surface area contributed by atoms with E-state index in [0.29, 0.717) is 0 Å². The Kier molecular flexibility index (Phi) is 5.77. The largest absolute Gasteiger partial charge is 0.487 e. The quantitative estimate of drug-likeness (QED) is 0.425. The van der Waals surface area contributed by atoms with Gasteiger partial charge in [0.05, 0.1) is 23.2 Å². The summed E-state index contributed by atoms with van der Waals surface area (Å²) < 4.78 is 10.0. The number of carbonyl (C=O) groups excluding carboxylic acids is 2. The Bertz CT molecular complexity index is 768. The molecule has 1 atom stereocenters. The van der Waals surface area contributed by atoms with Crippen LogP contribution in [0.5, 0.6) is 5.75 Å². The lowest BCUT2D eigenvalue weighted by atomic mass is 9.98. The molecule has 1 aromatic rings. The number of hydrogen-bond acceptors (Lipinski definition) is 7. The minimum absolute atomic E-state index is 0.0426. The second-order valence-electron chi connectivity index (χ2n) is 6.09. The number of nitro benzene ring substituents is 1. The molecular formula is C17H19N3O6. The number of nitrogens with one attached hydrogen (secondary N) is 1. The molecule has 2 rings (SSSR count). The molecule has 1 saturated carbocycles. The highest BCUT2D eigenvalue weighted by atomic mass is 16.6. The second kappa shape index (κ2) is 7.82. The lowest BCUT2D eigenvalue weighted by Gasteiger charge is -2.22. The van der Waals surface area contributed by atoms with Crippen LogP contribution >= 0.6 is 0 Å². The highest BCUT2D eigenvalue weighted by Crippen LogP contribution is 2.39. The Morgan fingerprint density at radius 2 is 2.15 bits per heavy atom. The molecule has 1 amide bonds. The predicted molar refractivity (Wildman–Crippen MR) is 89.4 cm³/mol. The van der Waals surface area contributed by atoms with Crippen LogP contribution in [0.3, 0.4) is 0 Å². The van der Waals surface area contributed by atoms with Crippen LogP contribution in [0, 0.1) is 27.4 Å². The summed E-state index contributed by atoms with van der Waals surface area (Å²) in [6.45, 7) is 2.97. The third kappa shape index (κ3) is 4.47. The van der Waals surface area contributed by atoms with E-state index in [0.717, 1.165) is 18.9 Å². The van der Waals surface area contributed by atoms with Crippen molar-refractivity contribution in [1.82, 2.24) is 5.32 Å². The van der Waals surface area contributed by atoms with Gasteiger partial charge in [-0.15, -0.1) is 0 Å². The van der Waals surface area contributed by atoms with Crippen molar-refractivity contribution in [3.05, 3.63) is 33.9 Å². The molecule has 0 bridgehead atoms. The molecule has 26 heavy (non-hydrogen) atoms. The third-order valence-corrected chi connectivity index (χ3v) is 4.05. The maximum atomic E-state index is 12.0. The van der Waals surface area contributed by atoms with E-state index in [9.17, 15) is 25.0 Å². The number of nitrogens with zero attached hydrogens (tertiary/aromatic N) is 2. The standard InChI is InChI=1S/C17H19N3O6/c1-3-25-14-7-4-11(8-13(14)20(23)24)16(22)26-9-15(21)19-17(2,10-18)12-5-6-12/h4,7-8,12H,3,5-6,9H2,1-2H3,(H,19,21)/t17-/m0/s1. The zero-order chi connectivity index (χ0) is 19.3. The normalized spacial score (nSPS) is 15.3. The molecule has 0 saturated heterocycles. The Labute approximate surface area is 150 Å². The number of hydrogen-bond donors (Lipinski definition) is 1. The topological polar surface area (TPSA) is 132 Å². The van der Waals surface area contributed by atoms with Crippen LogP contribution in [0.1, 0.15) is 37.0 Å². The smallest absolute Gasteiger partial charge is 0.338 e. The lowest BCUT2D eigenvalue weighted by Crippen LogP contribution is -2.48. The third-order valence-electron chi connectivity index (χ3n) is 4.05. The van der Waals surface area contributed by atoms with E-state index in [1.165, 1.54) is 12.1 Å². The van der Waals surface area contributed by atoms with Gasteiger partial charge in [0, 0.05) is 6.07 Å². The summed E-state index contributed by atoms with van der Waals surface area (Å²) in [6.07, 6.45) is 1.72. The number of nitro groups is 1. The molecule has 9 heteroatoms. The first-order valence-electron chi connectivity index (χ1n) is 8.11. The fraction of sp³-hybridized carbons (Fsp3) is 0.471. The van der Waals surface area contributed by atoms with Gasteiger partial charge in [-0.1, -0.05) is 0 Å². The van der Waals surface area contributed by atoms with Crippen LogP contribution in [0.2, 0.25) is 0 Å².